The largest absolute Gasteiger partial charge is 0.381 e. The first-order chi connectivity index (χ1) is 6.77. The molecule has 0 saturated heterocycles. The number of rotatable bonds is 0. The fraction of sp³-hybridized carbons (Fsp3) is 0.200. The lowest BCUT2D eigenvalue weighted by atomic mass is 10.3. The molecule has 0 fully saturated rings. The Bertz CT molecular complexity index is 507. The van der Waals surface area contributed by atoms with Gasteiger partial charge in [-0.05, 0) is 24.3 Å². The highest BCUT2D eigenvalue weighted by Gasteiger charge is 2.01. The van der Waals surface area contributed by atoms with Crippen molar-refractivity contribution in [2.45, 2.75) is 13.0 Å². The Labute approximate surface area is 85.4 Å². The molecule has 2 rings (SSSR count). The van der Waals surface area contributed by atoms with E-state index in [0.29, 0.717) is 5.69 Å². The minimum Gasteiger partial charge on any atom is -0.381 e. The fourth-order valence-electron chi connectivity index (χ4n) is 1.06. The second-order valence-corrected chi connectivity index (χ2v) is 3.70. The summed E-state index contributed by atoms with van der Waals surface area (Å²) in [6.07, 6.45) is 0.865. The van der Waals surface area contributed by atoms with Crippen molar-refractivity contribution in [3.8, 4) is 11.8 Å². The molecule has 2 aromatic rings. The smallest absolute Gasteiger partial charge is 0.127 e. The number of hydrogen-bond donors (Lipinski definition) is 1. The van der Waals surface area contributed by atoms with Crippen LogP contribution in [0.1, 0.15) is 12.6 Å². The maximum Gasteiger partial charge on any atom is 0.127 e. The zero-order chi connectivity index (χ0) is 9.97. The molecule has 0 aromatic carbocycles. The molecule has 0 amide bonds. The molecule has 70 valence electrons. The van der Waals surface area contributed by atoms with Crippen molar-refractivity contribution in [3.05, 3.63) is 23.5 Å². The van der Waals surface area contributed by atoms with Gasteiger partial charge in [-0.15, -0.1) is 11.3 Å². The number of nitrogens with zero attached hydrogens (tertiary/aromatic N) is 2. The minimum atomic E-state index is -0.626. The molecule has 0 bridgehead atoms. The predicted octanol–water partition coefficient (Wildman–Crippen LogP) is 1.42. The molecular formula is C10H8N2OS. The van der Waals surface area contributed by atoms with E-state index < -0.39 is 6.10 Å². The monoisotopic (exact) mass is 204 g/mol. The highest BCUT2D eigenvalue weighted by Crippen LogP contribution is 2.19. The van der Waals surface area contributed by atoms with Gasteiger partial charge < -0.3 is 5.11 Å². The summed E-state index contributed by atoms with van der Waals surface area (Å²) in [4.78, 5) is 9.09. The highest BCUT2D eigenvalue weighted by molar-refractivity contribution is 7.16. The molecule has 14 heavy (non-hydrogen) atoms. The van der Waals surface area contributed by atoms with Crippen LogP contribution in [0.4, 0.5) is 0 Å². The average molecular weight is 204 g/mol. The summed E-state index contributed by atoms with van der Waals surface area (Å²) in [5, 5.41) is 11.9. The van der Waals surface area contributed by atoms with Gasteiger partial charge in [0.1, 0.15) is 23.0 Å². The van der Waals surface area contributed by atoms with E-state index in [9.17, 15) is 0 Å². The van der Waals surface area contributed by atoms with Gasteiger partial charge in [0.2, 0.25) is 0 Å². The van der Waals surface area contributed by atoms with Crippen molar-refractivity contribution in [1.82, 2.24) is 9.97 Å². The third-order valence-electron chi connectivity index (χ3n) is 1.66. The van der Waals surface area contributed by atoms with E-state index in [1.165, 1.54) is 6.33 Å². The van der Waals surface area contributed by atoms with Crippen molar-refractivity contribution in [2.24, 2.45) is 0 Å². The van der Waals surface area contributed by atoms with Crippen LogP contribution in [-0.4, -0.2) is 21.2 Å². The van der Waals surface area contributed by atoms with Gasteiger partial charge in [0, 0.05) is 5.39 Å². The summed E-state index contributed by atoms with van der Waals surface area (Å²) in [7, 11) is 0. The van der Waals surface area contributed by atoms with Gasteiger partial charge in [0.05, 0.1) is 0 Å². The molecule has 0 aliphatic heterocycles. The predicted molar refractivity (Wildman–Crippen MR) is 56.0 cm³/mol. The Morgan fingerprint density at radius 3 is 3.14 bits per heavy atom. The lowest BCUT2D eigenvalue weighted by Crippen LogP contribution is -1.93. The summed E-state index contributed by atoms with van der Waals surface area (Å²) in [5.74, 6) is 5.49. The number of aliphatic hydroxyl groups is 1. The van der Waals surface area contributed by atoms with Crippen LogP contribution in [0.5, 0.6) is 0 Å². The Balaban J connectivity index is 2.53. The Hall–Kier alpha value is -1.44. The molecule has 0 spiro atoms. The van der Waals surface area contributed by atoms with Crippen LogP contribution in [0, 0.1) is 11.8 Å². The van der Waals surface area contributed by atoms with E-state index in [1.54, 1.807) is 18.3 Å². The molecule has 3 nitrogen and oxygen atoms in total. The van der Waals surface area contributed by atoms with Gasteiger partial charge in [0.25, 0.3) is 0 Å². The molecule has 1 N–H and O–H groups in total. The number of aromatic nitrogens is 2. The molecule has 2 heterocycles. The van der Waals surface area contributed by atoms with Crippen molar-refractivity contribution >= 4 is 21.6 Å². The summed E-state index contributed by atoms with van der Waals surface area (Å²) in [6, 6.07) is 1.94. The lowest BCUT2D eigenvalue weighted by Gasteiger charge is -1.92. The molecule has 2 aromatic heterocycles. The zero-order valence-electron chi connectivity index (χ0n) is 7.56. The Kier molecular flexibility index (Phi) is 2.44. The molecule has 0 radical (unpaired) electrons. The van der Waals surface area contributed by atoms with Crippen LogP contribution in [0.25, 0.3) is 10.2 Å². The van der Waals surface area contributed by atoms with E-state index in [0.717, 1.165) is 10.2 Å². The molecule has 0 unspecified atom stereocenters. The second-order valence-electron chi connectivity index (χ2n) is 2.81. The van der Waals surface area contributed by atoms with Crippen LogP contribution < -0.4 is 0 Å². The highest BCUT2D eigenvalue weighted by atomic mass is 32.1. The maximum absolute atomic E-state index is 9.02. The summed E-state index contributed by atoms with van der Waals surface area (Å²) < 4.78 is 0. The fourth-order valence-corrected chi connectivity index (χ4v) is 1.80. The van der Waals surface area contributed by atoms with Crippen molar-refractivity contribution in [3.63, 3.8) is 0 Å². The van der Waals surface area contributed by atoms with Gasteiger partial charge in [-0.25, -0.2) is 9.97 Å². The van der Waals surface area contributed by atoms with Crippen molar-refractivity contribution < 1.29 is 5.11 Å². The number of fused-ring (bicyclic) bond motifs is 1. The van der Waals surface area contributed by atoms with E-state index in [-0.39, 0.29) is 0 Å². The van der Waals surface area contributed by atoms with Gasteiger partial charge in [-0.2, -0.15) is 0 Å². The SMILES string of the molecule is C[C@@H](O)C#Cc1ncnc2sccc12. The van der Waals surface area contributed by atoms with E-state index in [4.69, 9.17) is 5.11 Å². The summed E-state index contributed by atoms with van der Waals surface area (Å²) >= 11 is 1.55. The van der Waals surface area contributed by atoms with E-state index >= 15 is 0 Å². The average Bonchev–Trinajstić information content (AvgIpc) is 2.62. The number of hydrogen-bond acceptors (Lipinski definition) is 4. The summed E-state index contributed by atoms with van der Waals surface area (Å²) in [5.41, 5.74) is 0.678. The second kappa shape index (κ2) is 3.74. The van der Waals surface area contributed by atoms with Gasteiger partial charge in [-0.1, -0.05) is 5.92 Å². The third-order valence-corrected chi connectivity index (χ3v) is 2.48. The van der Waals surface area contributed by atoms with E-state index in [1.807, 2.05) is 11.4 Å². The van der Waals surface area contributed by atoms with Crippen LogP contribution in [0.15, 0.2) is 17.8 Å². The maximum atomic E-state index is 9.02. The summed E-state index contributed by atoms with van der Waals surface area (Å²) in [6.45, 7) is 1.62. The van der Waals surface area contributed by atoms with Gasteiger partial charge >= 0.3 is 0 Å². The normalized spacial score (nSPS) is 12.1. The number of thiophene rings is 1. The lowest BCUT2D eigenvalue weighted by molar-refractivity contribution is 0.253. The Morgan fingerprint density at radius 2 is 2.36 bits per heavy atom. The minimum absolute atomic E-state index is 0.626. The van der Waals surface area contributed by atoms with Gasteiger partial charge in [0.15, 0.2) is 0 Å². The third kappa shape index (κ3) is 1.74. The standard InChI is InChI=1S/C10H8N2OS/c1-7(13)2-3-9-8-4-5-14-10(8)12-6-11-9/h4-7,13H,1H3/t7-/m1/s1. The molecule has 4 heteroatoms. The zero-order valence-corrected chi connectivity index (χ0v) is 8.38. The topological polar surface area (TPSA) is 46.0 Å². The molecule has 0 aliphatic rings. The Morgan fingerprint density at radius 1 is 1.50 bits per heavy atom. The first kappa shape index (κ1) is 9.13. The van der Waals surface area contributed by atoms with Crippen LogP contribution >= 0.6 is 11.3 Å². The van der Waals surface area contributed by atoms with Gasteiger partial charge in [-0.3, -0.25) is 0 Å². The van der Waals surface area contributed by atoms with Crippen molar-refractivity contribution in [2.75, 3.05) is 0 Å². The first-order valence-corrected chi connectivity index (χ1v) is 5.03. The van der Waals surface area contributed by atoms with Crippen LogP contribution in [0.2, 0.25) is 0 Å². The molecular weight excluding hydrogens is 196 g/mol. The van der Waals surface area contributed by atoms with Crippen LogP contribution in [0.3, 0.4) is 0 Å². The van der Waals surface area contributed by atoms with Crippen LogP contribution in [-0.2, 0) is 0 Å². The number of aliphatic hydroxyl groups excluding tert-OH is 1. The molecule has 0 saturated carbocycles. The van der Waals surface area contributed by atoms with Crippen molar-refractivity contribution in [1.29, 1.82) is 0 Å². The first-order valence-electron chi connectivity index (χ1n) is 4.15. The van der Waals surface area contributed by atoms with E-state index in [2.05, 4.69) is 21.8 Å². The molecule has 1 atom stereocenters. The molecule has 0 aliphatic carbocycles. The quantitative estimate of drug-likeness (QED) is 0.660.